The molecule has 1 aliphatic rings. The molecule has 1 N–H and O–H groups in total. The number of aryl methyl sites for hydroxylation is 3. The summed E-state index contributed by atoms with van der Waals surface area (Å²) >= 11 is 2.79. The lowest BCUT2D eigenvalue weighted by atomic mass is 10.1. The van der Waals surface area contributed by atoms with E-state index in [0.29, 0.717) is 15.7 Å². The van der Waals surface area contributed by atoms with E-state index in [9.17, 15) is 10.1 Å². The zero-order chi connectivity index (χ0) is 19.7. The van der Waals surface area contributed by atoms with Crippen LogP contribution >= 0.6 is 23.1 Å². The third kappa shape index (κ3) is 3.53. The largest absolute Gasteiger partial charge is 0.316 e. The van der Waals surface area contributed by atoms with E-state index in [1.807, 2.05) is 25.1 Å². The van der Waals surface area contributed by atoms with Crippen molar-refractivity contribution in [2.45, 2.75) is 38.3 Å². The van der Waals surface area contributed by atoms with Crippen molar-refractivity contribution in [1.29, 1.82) is 5.26 Å². The normalized spacial score (nSPS) is 12.6. The number of hydrogen-bond acceptors (Lipinski definition) is 7. The highest BCUT2D eigenvalue weighted by Crippen LogP contribution is 2.38. The van der Waals surface area contributed by atoms with Gasteiger partial charge in [-0.15, -0.1) is 16.4 Å². The standard InChI is InChI=1S/C19H18N6OS2/c1-11-6-7-13(8-12(11)2)25-19(22-23-24-25)27-10-17(26)21-18-15(9-20)14-4-3-5-16(14)28-18/h6-8H,3-5,10H2,1-2H3,(H,21,26). The van der Waals surface area contributed by atoms with Gasteiger partial charge in [0.2, 0.25) is 11.1 Å². The van der Waals surface area contributed by atoms with Gasteiger partial charge < -0.3 is 5.32 Å². The van der Waals surface area contributed by atoms with Crippen molar-refractivity contribution < 1.29 is 4.79 Å². The Morgan fingerprint density at radius 2 is 2.21 bits per heavy atom. The van der Waals surface area contributed by atoms with Crippen LogP contribution in [0, 0.1) is 25.2 Å². The summed E-state index contributed by atoms with van der Waals surface area (Å²) in [7, 11) is 0. The van der Waals surface area contributed by atoms with E-state index in [2.05, 4.69) is 33.8 Å². The third-order valence-corrected chi connectivity index (χ3v) is 6.92. The lowest BCUT2D eigenvalue weighted by molar-refractivity contribution is -0.113. The maximum atomic E-state index is 12.4. The van der Waals surface area contributed by atoms with Gasteiger partial charge in [-0.2, -0.15) is 9.94 Å². The van der Waals surface area contributed by atoms with Crippen molar-refractivity contribution in [3.63, 3.8) is 0 Å². The minimum atomic E-state index is -0.170. The number of thioether (sulfide) groups is 1. The molecule has 0 aliphatic heterocycles. The van der Waals surface area contributed by atoms with Crippen molar-refractivity contribution >= 4 is 34.0 Å². The number of benzene rings is 1. The Balaban J connectivity index is 1.45. The number of hydrogen-bond donors (Lipinski definition) is 1. The number of amides is 1. The lowest BCUT2D eigenvalue weighted by Crippen LogP contribution is -2.14. The van der Waals surface area contributed by atoms with Crippen LogP contribution in [0.15, 0.2) is 23.4 Å². The Morgan fingerprint density at radius 3 is 3.00 bits per heavy atom. The third-order valence-electron chi connectivity index (χ3n) is 4.79. The van der Waals surface area contributed by atoms with E-state index in [1.165, 1.54) is 33.5 Å². The first-order valence-corrected chi connectivity index (χ1v) is 10.7. The Kier molecular flexibility index (Phi) is 5.15. The van der Waals surface area contributed by atoms with E-state index >= 15 is 0 Å². The number of carbonyl (C=O) groups excluding carboxylic acids is 1. The fourth-order valence-corrected chi connectivity index (χ4v) is 5.14. The molecule has 0 fully saturated rings. The summed E-state index contributed by atoms with van der Waals surface area (Å²) in [6.45, 7) is 4.09. The quantitative estimate of drug-likeness (QED) is 0.647. The van der Waals surface area contributed by atoms with Gasteiger partial charge in [0, 0.05) is 4.88 Å². The van der Waals surface area contributed by atoms with Crippen LogP contribution in [-0.4, -0.2) is 31.9 Å². The molecule has 28 heavy (non-hydrogen) atoms. The molecule has 0 atom stereocenters. The fourth-order valence-electron chi connectivity index (χ4n) is 3.19. The van der Waals surface area contributed by atoms with E-state index in [4.69, 9.17) is 0 Å². The van der Waals surface area contributed by atoms with Gasteiger partial charge in [0.25, 0.3) is 0 Å². The zero-order valence-electron chi connectivity index (χ0n) is 15.5. The summed E-state index contributed by atoms with van der Waals surface area (Å²) in [5, 5.41) is 25.4. The first-order valence-electron chi connectivity index (χ1n) is 8.90. The Hall–Kier alpha value is -2.70. The van der Waals surface area contributed by atoms with Gasteiger partial charge in [-0.3, -0.25) is 4.79 Å². The summed E-state index contributed by atoms with van der Waals surface area (Å²) < 4.78 is 1.63. The number of nitriles is 1. The SMILES string of the molecule is Cc1ccc(-n2nnnc2SCC(=O)Nc2sc3c(c2C#N)CCC3)cc1C. The number of thiophene rings is 1. The second-order valence-corrected chi connectivity index (χ2v) is 8.70. The first kappa shape index (κ1) is 18.7. The summed E-state index contributed by atoms with van der Waals surface area (Å²) in [6, 6.07) is 8.23. The van der Waals surface area contributed by atoms with E-state index < -0.39 is 0 Å². The molecule has 0 spiro atoms. The molecular weight excluding hydrogens is 392 g/mol. The van der Waals surface area contributed by atoms with Gasteiger partial charge in [-0.05, 0) is 72.4 Å². The maximum Gasteiger partial charge on any atom is 0.235 e. The minimum Gasteiger partial charge on any atom is -0.316 e. The predicted octanol–water partition coefficient (Wildman–Crippen LogP) is 3.43. The Labute approximate surface area is 170 Å². The number of aromatic nitrogens is 4. The second-order valence-electron chi connectivity index (χ2n) is 6.65. The van der Waals surface area contributed by atoms with Crippen LogP contribution in [-0.2, 0) is 17.6 Å². The molecule has 1 aromatic carbocycles. The molecule has 0 saturated heterocycles. The minimum absolute atomic E-state index is 0.165. The monoisotopic (exact) mass is 410 g/mol. The highest BCUT2D eigenvalue weighted by Gasteiger charge is 2.23. The number of nitrogens with zero attached hydrogens (tertiary/aromatic N) is 5. The molecule has 1 amide bonds. The van der Waals surface area contributed by atoms with Gasteiger partial charge in [-0.1, -0.05) is 17.8 Å². The fraction of sp³-hybridized carbons (Fsp3) is 0.316. The molecule has 0 saturated carbocycles. The molecule has 0 radical (unpaired) electrons. The number of carbonyl (C=O) groups is 1. The highest BCUT2D eigenvalue weighted by atomic mass is 32.2. The number of rotatable bonds is 5. The first-order chi connectivity index (χ1) is 13.6. The van der Waals surface area contributed by atoms with Gasteiger partial charge >= 0.3 is 0 Å². The molecule has 4 rings (SSSR count). The molecule has 142 valence electrons. The van der Waals surface area contributed by atoms with Crippen LogP contribution < -0.4 is 5.32 Å². The van der Waals surface area contributed by atoms with E-state index in [0.717, 1.165) is 36.1 Å². The summed E-state index contributed by atoms with van der Waals surface area (Å²) in [4.78, 5) is 13.7. The van der Waals surface area contributed by atoms with Crippen LogP contribution in [0.3, 0.4) is 0 Å². The van der Waals surface area contributed by atoms with Crippen molar-refractivity contribution in [3.8, 4) is 11.8 Å². The van der Waals surface area contributed by atoms with E-state index in [1.54, 1.807) is 4.68 Å². The van der Waals surface area contributed by atoms with Crippen LogP contribution in [0.25, 0.3) is 5.69 Å². The number of tetrazole rings is 1. The highest BCUT2D eigenvalue weighted by molar-refractivity contribution is 7.99. The molecule has 0 unspecified atom stereocenters. The Morgan fingerprint density at radius 1 is 1.36 bits per heavy atom. The van der Waals surface area contributed by atoms with Crippen LogP contribution in [0.2, 0.25) is 0 Å². The molecule has 2 aromatic heterocycles. The number of fused-ring (bicyclic) bond motifs is 1. The molecule has 2 heterocycles. The molecule has 3 aromatic rings. The molecule has 1 aliphatic carbocycles. The van der Waals surface area contributed by atoms with Crippen molar-refractivity contribution in [2.75, 3.05) is 11.1 Å². The Bertz CT molecular complexity index is 1090. The number of anilines is 1. The summed E-state index contributed by atoms with van der Waals surface area (Å²) in [6.07, 6.45) is 3.00. The average Bonchev–Trinajstić information content (AvgIpc) is 3.38. The van der Waals surface area contributed by atoms with Gasteiger partial charge in [0.05, 0.1) is 17.0 Å². The maximum absolute atomic E-state index is 12.4. The topological polar surface area (TPSA) is 96.5 Å². The molecular formula is C19H18N6OS2. The molecule has 9 heteroatoms. The second kappa shape index (κ2) is 7.73. The van der Waals surface area contributed by atoms with Crippen LogP contribution in [0.5, 0.6) is 0 Å². The molecule has 7 nitrogen and oxygen atoms in total. The van der Waals surface area contributed by atoms with Gasteiger partial charge in [0.15, 0.2) is 0 Å². The van der Waals surface area contributed by atoms with Crippen LogP contribution in [0.4, 0.5) is 5.00 Å². The average molecular weight is 411 g/mol. The lowest BCUT2D eigenvalue weighted by Gasteiger charge is -2.07. The number of nitrogens with one attached hydrogen (secondary N) is 1. The van der Waals surface area contributed by atoms with Crippen molar-refractivity contribution in [3.05, 3.63) is 45.3 Å². The smallest absolute Gasteiger partial charge is 0.235 e. The van der Waals surface area contributed by atoms with Gasteiger partial charge in [0.1, 0.15) is 11.1 Å². The van der Waals surface area contributed by atoms with Crippen LogP contribution in [0.1, 0.15) is 33.6 Å². The van der Waals surface area contributed by atoms with Crippen molar-refractivity contribution in [2.24, 2.45) is 0 Å². The van der Waals surface area contributed by atoms with E-state index in [-0.39, 0.29) is 11.7 Å². The van der Waals surface area contributed by atoms with Crippen molar-refractivity contribution in [1.82, 2.24) is 20.2 Å². The summed E-state index contributed by atoms with van der Waals surface area (Å²) in [5.41, 5.74) is 4.93. The molecule has 0 bridgehead atoms. The zero-order valence-corrected chi connectivity index (χ0v) is 17.2. The summed E-state index contributed by atoms with van der Waals surface area (Å²) in [5.74, 6) is -0.00499. The predicted molar refractivity (Wildman–Crippen MR) is 109 cm³/mol. The van der Waals surface area contributed by atoms with Gasteiger partial charge in [-0.25, -0.2) is 0 Å².